The van der Waals surface area contributed by atoms with Crippen molar-refractivity contribution in [2.75, 3.05) is 22.6 Å². The van der Waals surface area contributed by atoms with E-state index >= 15 is 0 Å². The standard InChI is InChI=1S/C15H24N2O2S/c1-3-4-5-9-20(19)10-8-15(18)17-14-11-13(16)7-6-12(14)2/h6-7,11H,3-5,8-10,16H2,1-2H3,(H,17,18). The summed E-state index contributed by atoms with van der Waals surface area (Å²) in [6.07, 6.45) is 3.47. The first-order valence-corrected chi connectivity index (χ1v) is 8.52. The maximum atomic E-state index is 11.8. The van der Waals surface area contributed by atoms with E-state index in [9.17, 15) is 9.00 Å². The second kappa shape index (κ2) is 8.74. The van der Waals surface area contributed by atoms with Gasteiger partial charge in [-0.05, 0) is 31.0 Å². The molecule has 0 spiro atoms. The van der Waals surface area contributed by atoms with E-state index in [-0.39, 0.29) is 12.3 Å². The smallest absolute Gasteiger partial charge is 0.225 e. The first-order valence-electron chi connectivity index (χ1n) is 7.04. The first kappa shape index (κ1) is 16.7. The van der Waals surface area contributed by atoms with Crippen molar-refractivity contribution in [3.05, 3.63) is 23.8 Å². The number of hydrogen-bond acceptors (Lipinski definition) is 3. The molecule has 0 aliphatic carbocycles. The van der Waals surface area contributed by atoms with Crippen molar-refractivity contribution in [2.45, 2.75) is 39.5 Å². The number of carbonyl (C=O) groups is 1. The summed E-state index contributed by atoms with van der Waals surface area (Å²) in [6, 6.07) is 5.41. The summed E-state index contributed by atoms with van der Waals surface area (Å²) < 4.78 is 11.7. The number of nitrogen functional groups attached to an aromatic ring is 1. The Labute approximate surface area is 123 Å². The van der Waals surface area contributed by atoms with Gasteiger partial charge < -0.3 is 11.1 Å². The third-order valence-corrected chi connectivity index (χ3v) is 4.47. The Kier molecular flexibility index (Phi) is 7.30. The van der Waals surface area contributed by atoms with Crippen molar-refractivity contribution < 1.29 is 9.00 Å². The molecule has 0 aliphatic rings. The number of unbranched alkanes of at least 4 members (excludes halogenated alkanes) is 2. The third kappa shape index (κ3) is 6.19. The van der Waals surface area contributed by atoms with E-state index in [1.165, 1.54) is 0 Å². The van der Waals surface area contributed by atoms with Gasteiger partial charge in [0.15, 0.2) is 0 Å². The Morgan fingerprint density at radius 2 is 2.05 bits per heavy atom. The molecule has 0 fully saturated rings. The maximum Gasteiger partial charge on any atom is 0.225 e. The number of amides is 1. The van der Waals surface area contributed by atoms with Crippen LogP contribution in [-0.4, -0.2) is 21.6 Å². The van der Waals surface area contributed by atoms with Crippen LogP contribution in [0.2, 0.25) is 0 Å². The molecule has 3 N–H and O–H groups in total. The summed E-state index contributed by atoms with van der Waals surface area (Å²) in [5, 5.41) is 2.82. The van der Waals surface area contributed by atoms with Gasteiger partial charge in [0.2, 0.25) is 5.91 Å². The summed E-state index contributed by atoms with van der Waals surface area (Å²) >= 11 is 0. The zero-order chi connectivity index (χ0) is 15.0. The summed E-state index contributed by atoms with van der Waals surface area (Å²) in [6.45, 7) is 4.03. The molecule has 0 aromatic heterocycles. The largest absolute Gasteiger partial charge is 0.399 e. The molecule has 1 atom stereocenters. The number of nitrogens with one attached hydrogen (secondary N) is 1. The van der Waals surface area contributed by atoms with E-state index in [1.54, 1.807) is 12.1 Å². The van der Waals surface area contributed by atoms with Crippen molar-refractivity contribution in [2.24, 2.45) is 0 Å². The van der Waals surface area contributed by atoms with Gasteiger partial charge in [-0.3, -0.25) is 9.00 Å². The Bertz CT molecular complexity index is 475. The number of benzene rings is 1. The molecule has 5 heteroatoms. The van der Waals surface area contributed by atoms with Gasteiger partial charge in [-0.2, -0.15) is 0 Å². The Morgan fingerprint density at radius 1 is 1.30 bits per heavy atom. The summed E-state index contributed by atoms with van der Waals surface area (Å²) in [5.74, 6) is 1.01. The number of aryl methyl sites for hydroxylation is 1. The molecular formula is C15H24N2O2S. The second-order valence-electron chi connectivity index (χ2n) is 4.93. The fourth-order valence-corrected chi connectivity index (χ4v) is 2.95. The molecule has 4 nitrogen and oxygen atoms in total. The molecular weight excluding hydrogens is 272 g/mol. The SMILES string of the molecule is CCCCCS(=O)CCC(=O)Nc1cc(N)ccc1C. The van der Waals surface area contributed by atoms with Gasteiger partial charge in [0.25, 0.3) is 0 Å². The van der Waals surface area contributed by atoms with Crippen LogP contribution < -0.4 is 11.1 Å². The van der Waals surface area contributed by atoms with E-state index < -0.39 is 10.8 Å². The van der Waals surface area contributed by atoms with E-state index in [2.05, 4.69) is 12.2 Å². The highest BCUT2D eigenvalue weighted by Crippen LogP contribution is 2.18. The molecule has 1 rings (SSSR count). The van der Waals surface area contributed by atoms with Gasteiger partial charge in [0, 0.05) is 40.1 Å². The van der Waals surface area contributed by atoms with Crippen LogP contribution >= 0.6 is 0 Å². The average molecular weight is 296 g/mol. The molecule has 0 saturated heterocycles. The van der Waals surface area contributed by atoms with Crippen molar-refractivity contribution in [3.8, 4) is 0 Å². The molecule has 0 saturated carbocycles. The quantitative estimate of drug-likeness (QED) is 0.572. The number of nitrogens with two attached hydrogens (primary N) is 1. The number of rotatable bonds is 8. The number of carbonyl (C=O) groups excluding carboxylic acids is 1. The van der Waals surface area contributed by atoms with Crippen LogP contribution in [0.15, 0.2) is 18.2 Å². The van der Waals surface area contributed by atoms with Crippen molar-refractivity contribution in [1.82, 2.24) is 0 Å². The van der Waals surface area contributed by atoms with Gasteiger partial charge in [0.1, 0.15) is 0 Å². The maximum absolute atomic E-state index is 11.8. The average Bonchev–Trinajstić information content (AvgIpc) is 2.41. The van der Waals surface area contributed by atoms with Crippen molar-refractivity contribution in [1.29, 1.82) is 0 Å². The second-order valence-corrected chi connectivity index (χ2v) is 6.62. The Balaban J connectivity index is 2.36. The molecule has 0 bridgehead atoms. The predicted molar refractivity (Wildman–Crippen MR) is 86.2 cm³/mol. The van der Waals surface area contributed by atoms with E-state index in [4.69, 9.17) is 5.73 Å². The van der Waals surface area contributed by atoms with Gasteiger partial charge in [-0.1, -0.05) is 25.8 Å². The van der Waals surface area contributed by atoms with Crippen LogP contribution in [0.5, 0.6) is 0 Å². The topological polar surface area (TPSA) is 72.2 Å². The lowest BCUT2D eigenvalue weighted by Crippen LogP contribution is -2.16. The third-order valence-electron chi connectivity index (χ3n) is 3.07. The first-order chi connectivity index (χ1) is 9.52. The lowest BCUT2D eigenvalue weighted by molar-refractivity contribution is -0.115. The summed E-state index contributed by atoms with van der Waals surface area (Å²) in [5.41, 5.74) is 8.01. The lowest BCUT2D eigenvalue weighted by atomic mass is 10.2. The fourth-order valence-electron chi connectivity index (χ4n) is 1.81. The zero-order valence-corrected chi connectivity index (χ0v) is 13.1. The molecule has 20 heavy (non-hydrogen) atoms. The van der Waals surface area contributed by atoms with Crippen LogP contribution in [0.25, 0.3) is 0 Å². The van der Waals surface area contributed by atoms with Crippen LogP contribution in [0.3, 0.4) is 0 Å². The van der Waals surface area contributed by atoms with Crippen molar-refractivity contribution in [3.63, 3.8) is 0 Å². The summed E-state index contributed by atoms with van der Waals surface area (Å²) in [7, 11) is -0.895. The van der Waals surface area contributed by atoms with Gasteiger partial charge >= 0.3 is 0 Å². The highest BCUT2D eigenvalue weighted by molar-refractivity contribution is 7.84. The van der Waals surface area contributed by atoms with Gasteiger partial charge in [-0.25, -0.2) is 0 Å². The molecule has 112 valence electrons. The van der Waals surface area contributed by atoms with E-state index in [0.717, 1.165) is 30.5 Å². The molecule has 1 aromatic carbocycles. The minimum absolute atomic E-state index is 0.109. The highest BCUT2D eigenvalue weighted by atomic mass is 32.2. The van der Waals surface area contributed by atoms with Crippen LogP contribution in [0, 0.1) is 6.92 Å². The normalized spacial score (nSPS) is 12.1. The number of anilines is 2. The van der Waals surface area contributed by atoms with Crippen LogP contribution in [0.1, 0.15) is 38.2 Å². The Morgan fingerprint density at radius 3 is 2.75 bits per heavy atom. The highest BCUT2D eigenvalue weighted by Gasteiger charge is 2.08. The molecule has 0 heterocycles. The molecule has 0 radical (unpaired) electrons. The number of hydrogen-bond donors (Lipinski definition) is 2. The zero-order valence-electron chi connectivity index (χ0n) is 12.3. The minimum Gasteiger partial charge on any atom is -0.399 e. The van der Waals surface area contributed by atoms with Crippen LogP contribution in [-0.2, 0) is 15.6 Å². The predicted octanol–water partition coefficient (Wildman–Crippen LogP) is 2.84. The van der Waals surface area contributed by atoms with Gasteiger partial charge in [0.05, 0.1) is 0 Å². The minimum atomic E-state index is -0.895. The lowest BCUT2D eigenvalue weighted by Gasteiger charge is -2.09. The molecule has 1 amide bonds. The van der Waals surface area contributed by atoms with Gasteiger partial charge in [-0.15, -0.1) is 0 Å². The molecule has 0 aliphatic heterocycles. The van der Waals surface area contributed by atoms with E-state index in [1.807, 2.05) is 13.0 Å². The van der Waals surface area contributed by atoms with Crippen molar-refractivity contribution >= 4 is 28.1 Å². The van der Waals surface area contributed by atoms with Crippen LogP contribution in [0.4, 0.5) is 11.4 Å². The molecule has 1 unspecified atom stereocenters. The molecule has 1 aromatic rings. The fraction of sp³-hybridized carbons (Fsp3) is 0.533. The summed E-state index contributed by atoms with van der Waals surface area (Å²) in [4.78, 5) is 11.8. The Hall–Kier alpha value is -1.36. The monoisotopic (exact) mass is 296 g/mol. The van der Waals surface area contributed by atoms with E-state index in [0.29, 0.717) is 17.2 Å².